The van der Waals surface area contributed by atoms with Crippen LogP contribution in [0.3, 0.4) is 0 Å². The summed E-state index contributed by atoms with van der Waals surface area (Å²) in [6.45, 7) is 10.6. The molecule has 1 atom stereocenters. The lowest BCUT2D eigenvalue weighted by Crippen LogP contribution is -2.48. The molecule has 1 rings (SSSR count). The van der Waals surface area contributed by atoms with Crippen LogP contribution in [0.25, 0.3) is 0 Å². The number of likely N-dealkylation sites (tertiary alicyclic amines) is 1. The van der Waals surface area contributed by atoms with Gasteiger partial charge >= 0.3 is 12.1 Å². The zero-order chi connectivity index (χ0) is 16.3. The van der Waals surface area contributed by atoms with E-state index in [0.29, 0.717) is 38.3 Å². The number of nitrogens with zero attached hydrogens (tertiary/aromatic N) is 1. The van der Waals surface area contributed by atoms with Crippen molar-refractivity contribution in [3.05, 3.63) is 0 Å². The molecule has 0 spiro atoms. The van der Waals surface area contributed by atoms with E-state index < -0.39 is 17.0 Å². The average Bonchev–Trinajstić information content (AvgIpc) is 2.37. The molecule has 1 aliphatic rings. The Balaban J connectivity index is 2.67. The molecule has 1 unspecified atom stereocenters. The quantitative estimate of drug-likeness (QED) is 0.862. The fraction of sp³-hybridized carbons (Fsp3) is 0.875. The first kappa shape index (κ1) is 17.8. The van der Waals surface area contributed by atoms with E-state index in [1.54, 1.807) is 4.90 Å². The molecule has 5 nitrogen and oxygen atoms in total. The van der Waals surface area contributed by atoms with Gasteiger partial charge in [0.2, 0.25) is 0 Å². The van der Waals surface area contributed by atoms with Crippen LogP contribution in [-0.2, 0) is 9.53 Å². The molecule has 0 radical (unpaired) electrons. The van der Waals surface area contributed by atoms with Gasteiger partial charge in [0.15, 0.2) is 0 Å². The summed E-state index contributed by atoms with van der Waals surface area (Å²) in [4.78, 5) is 25.4. The van der Waals surface area contributed by atoms with E-state index >= 15 is 0 Å². The molecule has 1 heterocycles. The Morgan fingerprint density at radius 1 is 1.29 bits per heavy atom. The van der Waals surface area contributed by atoms with E-state index in [1.807, 2.05) is 20.8 Å². The van der Waals surface area contributed by atoms with Crippen molar-refractivity contribution >= 4 is 12.1 Å². The number of carbonyl (C=O) groups is 2. The zero-order valence-corrected chi connectivity index (χ0v) is 13.9. The monoisotopic (exact) mass is 299 g/mol. The Morgan fingerprint density at radius 2 is 1.81 bits per heavy atom. The van der Waals surface area contributed by atoms with Gasteiger partial charge in [-0.3, -0.25) is 4.79 Å². The third-order valence-corrected chi connectivity index (χ3v) is 4.26. The van der Waals surface area contributed by atoms with E-state index in [9.17, 15) is 14.7 Å². The van der Waals surface area contributed by atoms with Crippen molar-refractivity contribution in [1.82, 2.24) is 4.90 Å². The third kappa shape index (κ3) is 4.90. The summed E-state index contributed by atoms with van der Waals surface area (Å²) in [6, 6.07) is 0. The minimum absolute atomic E-state index is 0.343. The lowest BCUT2D eigenvalue weighted by Gasteiger charge is -2.40. The molecular formula is C16H29NO4. The molecule has 1 fully saturated rings. The van der Waals surface area contributed by atoms with Crippen LogP contribution in [0.15, 0.2) is 0 Å². The fourth-order valence-corrected chi connectivity index (χ4v) is 2.76. The molecule has 1 N–H and O–H groups in total. The van der Waals surface area contributed by atoms with Crippen LogP contribution in [0.1, 0.15) is 60.3 Å². The van der Waals surface area contributed by atoms with Crippen LogP contribution in [0, 0.1) is 11.3 Å². The van der Waals surface area contributed by atoms with Crippen molar-refractivity contribution in [2.24, 2.45) is 11.3 Å². The summed E-state index contributed by atoms with van der Waals surface area (Å²) in [7, 11) is 0. The van der Waals surface area contributed by atoms with E-state index in [1.165, 1.54) is 0 Å². The number of hydrogen-bond donors (Lipinski definition) is 1. The topological polar surface area (TPSA) is 66.8 Å². The van der Waals surface area contributed by atoms with Gasteiger partial charge in [-0.25, -0.2) is 4.79 Å². The highest BCUT2D eigenvalue weighted by Gasteiger charge is 2.43. The SMILES string of the molecule is CCC(C)CC1(C(=O)O)CCN(C(=O)OC(C)(C)C)CC1. The van der Waals surface area contributed by atoms with Gasteiger partial charge in [0.25, 0.3) is 0 Å². The van der Waals surface area contributed by atoms with Crippen molar-refractivity contribution < 1.29 is 19.4 Å². The highest BCUT2D eigenvalue weighted by molar-refractivity contribution is 5.75. The van der Waals surface area contributed by atoms with Crippen LogP contribution in [0.5, 0.6) is 0 Å². The first-order chi connectivity index (χ1) is 9.59. The van der Waals surface area contributed by atoms with Crippen LogP contribution >= 0.6 is 0 Å². The molecule has 21 heavy (non-hydrogen) atoms. The average molecular weight is 299 g/mol. The number of piperidine rings is 1. The molecule has 5 heteroatoms. The van der Waals surface area contributed by atoms with E-state index in [0.717, 1.165) is 6.42 Å². The van der Waals surface area contributed by atoms with Gasteiger partial charge in [-0.2, -0.15) is 0 Å². The second kappa shape index (κ2) is 6.67. The first-order valence-corrected chi connectivity index (χ1v) is 7.81. The van der Waals surface area contributed by atoms with Crippen LogP contribution < -0.4 is 0 Å². The fourth-order valence-electron chi connectivity index (χ4n) is 2.76. The molecule has 122 valence electrons. The van der Waals surface area contributed by atoms with Gasteiger partial charge in [-0.15, -0.1) is 0 Å². The maximum Gasteiger partial charge on any atom is 0.410 e. The minimum atomic E-state index is -0.730. The summed E-state index contributed by atoms with van der Waals surface area (Å²) < 4.78 is 5.35. The maximum absolute atomic E-state index is 12.0. The molecule has 0 aromatic carbocycles. The first-order valence-electron chi connectivity index (χ1n) is 7.81. The predicted octanol–water partition coefficient (Wildman–Crippen LogP) is 3.52. The van der Waals surface area contributed by atoms with Gasteiger partial charge in [-0.1, -0.05) is 20.3 Å². The highest BCUT2D eigenvalue weighted by Crippen LogP contribution is 2.39. The van der Waals surface area contributed by atoms with Gasteiger partial charge in [0, 0.05) is 13.1 Å². The second-order valence-electron chi connectivity index (χ2n) is 7.27. The Kier molecular flexibility index (Phi) is 5.65. The number of carboxylic acid groups (broad SMARTS) is 1. The number of carboxylic acids is 1. The lowest BCUT2D eigenvalue weighted by molar-refractivity contribution is -0.153. The number of rotatable bonds is 4. The van der Waals surface area contributed by atoms with Gasteiger partial charge in [0.1, 0.15) is 5.60 Å². The molecule has 0 aromatic heterocycles. The Morgan fingerprint density at radius 3 is 2.19 bits per heavy atom. The number of aliphatic carboxylic acids is 1. The van der Waals surface area contributed by atoms with Crippen molar-refractivity contribution in [1.29, 1.82) is 0 Å². The standard InChI is InChI=1S/C16H29NO4/c1-6-12(2)11-16(13(18)19)7-9-17(10-8-16)14(20)21-15(3,4)5/h12H,6-11H2,1-5H3,(H,18,19). The van der Waals surface area contributed by atoms with Crippen LogP contribution in [-0.4, -0.2) is 40.8 Å². The van der Waals surface area contributed by atoms with E-state index in [-0.39, 0.29) is 6.09 Å². The summed E-state index contributed by atoms with van der Waals surface area (Å²) in [5, 5.41) is 9.61. The predicted molar refractivity (Wildman–Crippen MR) is 81.2 cm³/mol. The molecular weight excluding hydrogens is 270 g/mol. The summed E-state index contributed by atoms with van der Waals surface area (Å²) in [6.07, 6.45) is 2.33. The summed E-state index contributed by atoms with van der Waals surface area (Å²) in [5.41, 5.74) is -1.21. The second-order valence-corrected chi connectivity index (χ2v) is 7.27. The van der Waals surface area contributed by atoms with Crippen molar-refractivity contribution in [2.45, 2.75) is 65.9 Å². The minimum Gasteiger partial charge on any atom is -0.481 e. The molecule has 1 aliphatic heterocycles. The number of carbonyl (C=O) groups excluding carboxylic acids is 1. The van der Waals surface area contributed by atoms with E-state index in [4.69, 9.17) is 4.74 Å². The van der Waals surface area contributed by atoms with Crippen LogP contribution in [0.4, 0.5) is 4.79 Å². The maximum atomic E-state index is 12.0. The highest BCUT2D eigenvalue weighted by atomic mass is 16.6. The van der Waals surface area contributed by atoms with Crippen molar-refractivity contribution in [2.75, 3.05) is 13.1 Å². The van der Waals surface area contributed by atoms with Crippen LogP contribution in [0.2, 0.25) is 0 Å². The number of amides is 1. The zero-order valence-electron chi connectivity index (χ0n) is 13.9. The largest absolute Gasteiger partial charge is 0.481 e. The lowest BCUT2D eigenvalue weighted by atomic mass is 9.72. The van der Waals surface area contributed by atoms with Crippen molar-refractivity contribution in [3.63, 3.8) is 0 Å². The Labute approximate surface area is 127 Å². The third-order valence-electron chi connectivity index (χ3n) is 4.26. The molecule has 0 saturated carbocycles. The Hall–Kier alpha value is -1.26. The molecule has 1 saturated heterocycles. The number of hydrogen-bond acceptors (Lipinski definition) is 3. The normalized spacial score (nSPS) is 20.0. The summed E-state index contributed by atoms with van der Waals surface area (Å²) in [5.74, 6) is -0.346. The smallest absolute Gasteiger partial charge is 0.410 e. The molecule has 0 aliphatic carbocycles. The van der Waals surface area contributed by atoms with Gasteiger partial charge < -0.3 is 14.7 Å². The molecule has 0 bridgehead atoms. The molecule has 0 aromatic rings. The summed E-state index contributed by atoms with van der Waals surface area (Å²) >= 11 is 0. The molecule has 1 amide bonds. The van der Waals surface area contributed by atoms with Crippen molar-refractivity contribution in [3.8, 4) is 0 Å². The van der Waals surface area contributed by atoms with E-state index in [2.05, 4.69) is 13.8 Å². The Bertz CT molecular complexity index is 378. The van der Waals surface area contributed by atoms with Gasteiger partial charge in [0.05, 0.1) is 5.41 Å². The number of ether oxygens (including phenoxy) is 1. The van der Waals surface area contributed by atoms with Gasteiger partial charge in [-0.05, 0) is 46.0 Å².